The van der Waals surface area contributed by atoms with E-state index >= 15 is 0 Å². The molecule has 4 heteroatoms. The highest BCUT2D eigenvalue weighted by Crippen LogP contribution is 2.16. The molecule has 0 bridgehead atoms. The molecule has 0 aromatic heterocycles. The van der Waals surface area contributed by atoms with Crippen LogP contribution < -0.4 is 0 Å². The lowest BCUT2D eigenvalue weighted by Crippen LogP contribution is -2.18. The third kappa shape index (κ3) is 3.46. The van der Waals surface area contributed by atoms with Crippen molar-refractivity contribution >= 4 is 22.8 Å². The average Bonchev–Trinajstić information content (AvgIpc) is 2.03. The van der Waals surface area contributed by atoms with Gasteiger partial charge in [-0.3, -0.25) is 0 Å². The zero-order chi connectivity index (χ0) is 9.14. The van der Waals surface area contributed by atoms with Crippen LogP contribution in [0.4, 0.5) is 4.39 Å². The second kappa shape index (κ2) is 5.37. The van der Waals surface area contributed by atoms with Gasteiger partial charge in [-0.05, 0) is 31.7 Å². The molecule has 0 heterocycles. The van der Waals surface area contributed by atoms with Crippen molar-refractivity contribution < 1.29 is 4.39 Å². The van der Waals surface area contributed by atoms with E-state index in [-0.39, 0.29) is 18.2 Å². The highest BCUT2D eigenvalue weighted by atomic mass is 35.5. The second-order valence-electron chi connectivity index (χ2n) is 3.19. The van der Waals surface area contributed by atoms with Crippen LogP contribution in [-0.2, 0) is 0 Å². The monoisotopic (exact) mass is 219 g/mol. The quantitative estimate of drug-likeness (QED) is 0.682. The van der Waals surface area contributed by atoms with Crippen molar-refractivity contribution in [3.05, 3.63) is 35.6 Å². The molecule has 0 aliphatic rings. The van der Waals surface area contributed by atoms with Gasteiger partial charge in [0, 0.05) is 6.04 Å². The van der Waals surface area contributed by atoms with E-state index in [1.807, 2.05) is 13.1 Å². The number of benzene rings is 1. The summed E-state index contributed by atoms with van der Waals surface area (Å²) in [6, 6.07) is 7.11. The van der Waals surface area contributed by atoms with Gasteiger partial charge in [-0.1, -0.05) is 12.1 Å². The minimum Gasteiger partial charge on any atom is -0.329 e. The van der Waals surface area contributed by atoms with Crippen molar-refractivity contribution in [2.24, 2.45) is 0 Å². The number of hydrogen-bond acceptors (Lipinski definition) is 1. The summed E-state index contributed by atoms with van der Waals surface area (Å²) < 4.78 is 15.0. The lowest BCUT2D eigenvalue weighted by Gasteiger charge is -2.20. The minimum absolute atomic E-state index is 0. The highest BCUT2D eigenvalue weighted by molar-refractivity contribution is 6.04. The molecule has 1 rings (SSSR count). The summed E-state index contributed by atoms with van der Waals surface area (Å²) in [5.41, 5.74) is 1.05. The first kappa shape index (κ1) is 12.6. The highest BCUT2D eigenvalue weighted by Gasteiger charge is 2.06. The molecule has 1 unspecified atom stereocenters. The third-order valence-electron chi connectivity index (χ3n) is 2.11. The molecule has 0 saturated heterocycles. The molecule has 0 N–H and O–H groups in total. The lowest BCUT2D eigenvalue weighted by atomic mass is 10.1. The molecule has 1 aromatic carbocycles. The number of halogens is 2. The second-order valence-corrected chi connectivity index (χ2v) is 4.61. The summed E-state index contributed by atoms with van der Waals surface area (Å²) in [5.74, 6) is -0.150. The Bertz CT molecular complexity index is 268. The Hall–Kier alpha value is -0.383. The fourth-order valence-corrected chi connectivity index (χ4v) is 1.36. The van der Waals surface area contributed by atoms with Crippen LogP contribution in [0, 0.1) is 5.82 Å². The van der Waals surface area contributed by atoms with Crippen molar-refractivity contribution in [2.75, 3.05) is 7.05 Å². The third-order valence-corrected chi connectivity index (χ3v) is 2.88. The smallest absolute Gasteiger partial charge is 0.123 e. The fraction of sp³-hybridized carbons (Fsp3) is 0.333. The summed E-state index contributed by atoms with van der Waals surface area (Å²) in [7, 11) is 3.04. The van der Waals surface area contributed by atoms with Gasteiger partial charge in [0.1, 0.15) is 5.82 Å². The molecule has 0 aliphatic heterocycles. The molecule has 0 spiro atoms. The van der Waals surface area contributed by atoms with E-state index in [2.05, 4.69) is 11.5 Å². The first-order valence-electron chi connectivity index (χ1n) is 4.03. The standard InChI is InChI=1S/C9H14FNSi.ClH/c1-7(11(2)12)8-4-3-5-9(10)6-8;/h3-7H,1-2,12H3;1H. The Morgan fingerprint density at radius 3 is 2.54 bits per heavy atom. The summed E-state index contributed by atoms with van der Waals surface area (Å²) in [6.07, 6.45) is 0. The Labute approximate surface area is 87.9 Å². The van der Waals surface area contributed by atoms with Crippen LogP contribution in [0.3, 0.4) is 0 Å². The molecule has 1 atom stereocenters. The molecule has 0 radical (unpaired) electrons. The maximum absolute atomic E-state index is 12.8. The van der Waals surface area contributed by atoms with Crippen LogP contribution in [0.2, 0.25) is 0 Å². The first-order chi connectivity index (χ1) is 5.61. The van der Waals surface area contributed by atoms with Gasteiger partial charge in [0.2, 0.25) is 0 Å². The van der Waals surface area contributed by atoms with Crippen LogP contribution in [0.15, 0.2) is 24.3 Å². The predicted octanol–water partition coefficient (Wildman–Crippen LogP) is 1.52. The van der Waals surface area contributed by atoms with E-state index in [9.17, 15) is 4.39 Å². The summed E-state index contributed by atoms with van der Waals surface area (Å²) in [6.45, 7) is 2.09. The molecule has 0 aliphatic carbocycles. The Balaban J connectivity index is 0.00000144. The molecular formula is C9H15ClFNSi. The van der Waals surface area contributed by atoms with E-state index in [0.29, 0.717) is 6.04 Å². The molecule has 13 heavy (non-hydrogen) atoms. The first-order valence-corrected chi connectivity index (χ1v) is 4.92. The zero-order valence-corrected chi connectivity index (χ0v) is 10.9. The molecule has 1 nitrogen and oxygen atoms in total. The average molecular weight is 220 g/mol. The van der Waals surface area contributed by atoms with E-state index in [4.69, 9.17) is 0 Å². The SMILES string of the molecule is CC(c1cccc(F)c1)N(C)[SiH3].Cl. The van der Waals surface area contributed by atoms with Gasteiger partial charge < -0.3 is 4.57 Å². The Morgan fingerprint density at radius 2 is 2.08 bits per heavy atom. The van der Waals surface area contributed by atoms with Crippen LogP contribution in [0.5, 0.6) is 0 Å². The number of rotatable bonds is 2. The van der Waals surface area contributed by atoms with Crippen LogP contribution >= 0.6 is 12.4 Å². The van der Waals surface area contributed by atoms with E-state index in [1.165, 1.54) is 6.07 Å². The fourth-order valence-electron chi connectivity index (χ4n) is 1.06. The number of hydrogen-bond donors (Lipinski definition) is 0. The van der Waals surface area contributed by atoms with Crippen molar-refractivity contribution in [1.29, 1.82) is 0 Å². The molecule has 0 fully saturated rings. The van der Waals surface area contributed by atoms with Gasteiger partial charge in [-0.15, -0.1) is 12.4 Å². The van der Waals surface area contributed by atoms with Gasteiger partial charge in [-0.25, -0.2) is 4.39 Å². The van der Waals surface area contributed by atoms with E-state index < -0.39 is 0 Å². The molecule has 1 aromatic rings. The number of nitrogens with zero attached hydrogens (tertiary/aromatic N) is 1. The summed E-state index contributed by atoms with van der Waals surface area (Å²) >= 11 is 0. The van der Waals surface area contributed by atoms with E-state index in [0.717, 1.165) is 16.0 Å². The van der Waals surface area contributed by atoms with Gasteiger partial charge in [0.05, 0.1) is 10.4 Å². The molecular weight excluding hydrogens is 205 g/mol. The lowest BCUT2D eigenvalue weighted by molar-refractivity contribution is 0.434. The normalized spacial score (nSPS) is 12.6. The Kier molecular flexibility index (Phi) is 5.21. The summed E-state index contributed by atoms with van der Waals surface area (Å²) in [4.78, 5) is 0. The molecule has 0 amide bonds. The van der Waals surface area contributed by atoms with Gasteiger partial charge in [0.15, 0.2) is 0 Å². The molecule has 0 saturated carbocycles. The van der Waals surface area contributed by atoms with Gasteiger partial charge in [0.25, 0.3) is 0 Å². The predicted molar refractivity (Wildman–Crippen MR) is 59.8 cm³/mol. The maximum atomic E-state index is 12.8. The summed E-state index contributed by atoms with van der Waals surface area (Å²) in [5, 5.41) is 0. The maximum Gasteiger partial charge on any atom is 0.123 e. The molecule has 74 valence electrons. The zero-order valence-electron chi connectivity index (χ0n) is 8.12. The van der Waals surface area contributed by atoms with Crippen LogP contribution in [-0.4, -0.2) is 22.0 Å². The van der Waals surface area contributed by atoms with Crippen LogP contribution in [0.1, 0.15) is 18.5 Å². The van der Waals surface area contributed by atoms with Crippen molar-refractivity contribution in [1.82, 2.24) is 4.57 Å². The van der Waals surface area contributed by atoms with Crippen molar-refractivity contribution in [3.63, 3.8) is 0 Å². The van der Waals surface area contributed by atoms with E-state index in [1.54, 1.807) is 12.1 Å². The van der Waals surface area contributed by atoms with Crippen LogP contribution in [0.25, 0.3) is 0 Å². The van der Waals surface area contributed by atoms with Crippen molar-refractivity contribution in [2.45, 2.75) is 13.0 Å². The van der Waals surface area contributed by atoms with Crippen molar-refractivity contribution in [3.8, 4) is 0 Å². The van der Waals surface area contributed by atoms with Gasteiger partial charge in [-0.2, -0.15) is 0 Å². The van der Waals surface area contributed by atoms with Gasteiger partial charge >= 0.3 is 0 Å². The topological polar surface area (TPSA) is 3.24 Å². The Morgan fingerprint density at radius 1 is 1.46 bits per heavy atom. The minimum atomic E-state index is -0.150. The largest absolute Gasteiger partial charge is 0.329 e.